The monoisotopic (exact) mass is 305 g/mol. The van der Waals surface area contributed by atoms with E-state index < -0.39 is 17.5 Å². The number of halogens is 3. The number of nitrogen functional groups attached to an aromatic ring is 1. The Hall–Kier alpha value is -2.83. The van der Waals surface area contributed by atoms with Gasteiger partial charge in [-0.3, -0.25) is 0 Å². The summed E-state index contributed by atoms with van der Waals surface area (Å²) in [4.78, 5) is 0. The van der Waals surface area contributed by atoms with Gasteiger partial charge in [0.25, 0.3) is 0 Å². The number of phenols is 1. The smallest absolute Gasteiger partial charge is 0.416 e. The van der Waals surface area contributed by atoms with Crippen molar-refractivity contribution >= 4 is 16.6 Å². The first-order chi connectivity index (χ1) is 10.4. The molecule has 2 aromatic carbocycles. The lowest BCUT2D eigenvalue weighted by atomic mass is 10.0. The van der Waals surface area contributed by atoms with Crippen LogP contribution in [0.25, 0.3) is 22.0 Å². The van der Waals surface area contributed by atoms with E-state index >= 15 is 0 Å². The van der Waals surface area contributed by atoms with Crippen molar-refractivity contribution in [1.29, 1.82) is 0 Å². The number of benzene rings is 2. The number of hydrogen-bond donors (Lipinski definition) is 2. The van der Waals surface area contributed by atoms with Crippen LogP contribution in [0.1, 0.15) is 5.56 Å². The highest BCUT2D eigenvalue weighted by Gasteiger charge is 2.31. The zero-order valence-electron chi connectivity index (χ0n) is 11.1. The average molecular weight is 305 g/mol. The summed E-state index contributed by atoms with van der Waals surface area (Å²) in [6.07, 6.45) is -4.52. The summed E-state index contributed by atoms with van der Waals surface area (Å²) in [6, 6.07) is 9.68. The van der Waals surface area contributed by atoms with Gasteiger partial charge >= 0.3 is 6.18 Å². The van der Waals surface area contributed by atoms with E-state index in [1.54, 1.807) is 24.3 Å². The van der Waals surface area contributed by atoms with Gasteiger partial charge in [-0.25, -0.2) is 0 Å². The Morgan fingerprint density at radius 1 is 0.955 bits per heavy atom. The summed E-state index contributed by atoms with van der Waals surface area (Å²) >= 11 is 0. The molecule has 7 heteroatoms. The predicted molar refractivity (Wildman–Crippen MR) is 76.1 cm³/mol. The largest absolute Gasteiger partial charge is 0.507 e. The van der Waals surface area contributed by atoms with Crippen molar-refractivity contribution in [2.24, 2.45) is 0 Å². The van der Waals surface area contributed by atoms with E-state index in [4.69, 9.17) is 5.73 Å². The predicted octanol–water partition coefficient (Wildman–Crippen LogP) is 3.60. The topological polar surface area (TPSA) is 72.0 Å². The number of nitrogens with two attached hydrogens (primary N) is 1. The van der Waals surface area contributed by atoms with E-state index in [2.05, 4.69) is 10.2 Å². The molecule has 1 aromatic heterocycles. The molecule has 0 amide bonds. The Kier molecular flexibility index (Phi) is 3.13. The van der Waals surface area contributed by atoms with Crippen LogP contribution in [0.15, 0.2) is 42.5 Å². The maximum Gasteiger partial charge on any atom is 0.416 e. The van der Waals surface area contributed by atoms with E-state index in [-0.39, 0.29) is 17.1 Å². The van der Waals surface area contributed by atoms with Crippen LogP contribution < -0.4 is 5.73 Å². The van der Waals surface area contributed by atoms with Crippen LogP contribution in [0.5, 0.6) is 5.75 Å². The molecular weight excluding hydrogens is 295 g/mol. The molecular formula is C15H10F3N3O. The zero-order chi connectivity index (χ0) is 15.9. The Morgan fingerprint density at radius 3 is 2.27 bits per heavy atom. The van der Waals surface area contributed by atoms with E-state index in [0.29, 0.717) is 16.8 Å². The maximum absolute atomic E-state index is 12.7. The molecule has 3 N–H and O–H groups in total. The molecule has 3 aromatic rings. The van der Waals surface area contributed by atoms with Gasteiger partial charge in [-0.1, -0.05) is 24.3 Å². The highest BCUT2D eigenvalue weighted by Crippen LogP contribution is 2.38. The second kappa shape index (κ2) is 4.87. The zero-order valence-corrected chi connectivity index (χ0v) is 11.1. The van der Waals surface area contributed by atoms with E-state index in [9.17, 15) is 18.3 Å². The average Bonchev–Trinajstić information content (AvgIpc) is 2.47. The number of aromatic hydroxyl groups is 1. The molecule has 4 nitrogen and oxygen atoms in total. The molecule has 0 fully saturated rings. The van der Waals surface area contributed by atoms with Crippen LogP contribution in [-0.4, -0.2) is 15.3 Å². The van der Waals surface area contributed by atoms with Crippen molar-refractivity contribution in [3.8, 4) is 17.0 Å². The molecule has 0 unspecified atom stereocenters. The number of hydrogen-bond acceptors (Lipinski definition) is 4. The van der Waals surface area contributed by atoms with Gasteiger partial charge in [0, 0.05) is 16.3 Å². The first-order valence-electron chi connectivity index (χ1n) is 6.29. The SMILES string of the molecule is Nc1nnc(-c2ccc(C(F)(F)F)cc2O)c2ccccc12. The minimum absolute atomic E-state index is 0.164. The molecule has 0 spiro atoms. The minimum atomic E-state index is -4.52. The summed E-state index contributed by atoms with van der Waals surface area (Å²) in [6.45, 7) is 0. The Bertz CT molecular complexity index is 862. The molecule has 3 rings (SSSR count). The van der Waals surface area contributed by atoms with Gasteiger partial charge in [0.15, 0.2) is 5.82 Å². The van der Waals surface area contributed by atoms with Gasteiger partial charge in [-0.05, 0) is 18.2 Å². The first kappa shape index (κ1) is 14.1. The molecule has 0 radical (unpaired) electrons. The van der Waals surface area contributed by atoms with Crippen molar-refractivity contribution < 1.29 is 18.3 Å². The van der Waals surface area contributed by atoms with Crippen molar-refractivity contribution in [2.75, 3.05) is 5.73 Å². The summed E-state index contributed by atoms with van der Waals surface area (Å²) in [7, 11) is 0. The number of anilines is 1. The third kappa shape index (κ3) is 2.30. The third-order valence-electron chi connectivity index (χ3n) is 3.30. The number of alkyl halides is 3. The van der Waals surface area contributed by atoms with Gasteiger partial charge in [-0.15, -0.1) is 10.2 Å². The molecule has 0 bridgehead atoms. The molecule has 0 aliphatic rings. The molecule has 0 aliphatic carbocycles. The molecule has 22 heavy (non-hydrogen) atoms. The van der Waals surface area contributed by atoms with Crippen molar-refractivity contribution in [3.63, 3.8) is 0 Å². The lowest BCUT2D eigenvalue weighted by Gasteiger charge is -2.11. The second-order valence-electron chi connectivity index (χ2n) is 4.71. The number of phenolic OH excluding ortho intramolecular Hbond substituents is 1. The summed E-state index contributed by atoms with van der Waals surface area (Å²) < 4.78 is 38.0. The van der Waals surface area contributed by atoms with E-state index in [1.165, 1.54) is 6.07 Å². The highest BCUT2D eigenvalue weighted by molar-refractivity contribution is 6.00. The number of fused-ring (bicyclic) bond motifs is 1. The van der Waals surface area contributed by atoms with E-state index in [0.717, 1.165) is 6.07 Å². The molecule has 1 heterocycles. The van der Waals surface area contributed by atoms with Crippen molar-refractivity contribution in [2.45, 2.75) is 6.18 Å². The summed E-state index contributed by atoms with van der Waals surface area (Å²) in [5.74, 6) is -0.301. The van der Waals surface area contributed by atoms with Crippen LogP contribution in [0.2, 0.25) is 0 Å². The quantitative estimate of drug-likeness (QED) is 0.720. The molecule has 0 aliphatic heterocycles. The highest BCUT2D eigenvalue weighted by atomic mass is 19.4. The first-order valence-corrected chi connectivity index (χ1v) is 6.29. The third-order valence-corrected chi connectivity index (χ3v) is 3.30. The summed E-state index contributed by atoms with van der Waals surface area (Å²) in [5.41, 5.74) is 5.25. The minimum Gasteiger partial charge on any atom is -0.507 e. The Balaban J connectivity index is 2.23. The standard InChI is InChI=1S/C15H10F3N3O/c16-15(17,18)8-5-6-11(12(22)7-8)13-9-3-1-2-4-10(9)14(19)21-20-13/h1-7,22H,(H2,19,21). The van der Waals surface area contributed by atoms with Gasteiger partial charge in [0.2, 0.25) is 0 Å². The molecule has 0 atom stereocenters. The van der Waals surface area contributed by atoms with Crippen LogP contribution in [0.4, 0.5) is 19.0 Å². The molecule has 0 saturated carbocycles. The molecule has 0 saturated heterocycles. The van der Waals surface area contributed by atoms with Crippen molar-refractivity contribution in [1.82, 2.24) is 10.2 Å². The lowest BCUT2D eigenvalue weighted by Crippen LogP contribution is -2.04. The van der Waals surface area contributed by atoms with Gasteiger partial charge < -0.3 is 10.8 Å². The van der Waals surface area contributed by atoms with Crippen molar-refractivity contribution in [3.05, 3.63) is 48.0 Å². The van der Waals surface area contributed by atoms with Gasteiger partial charge in [-0.2, -0.15) is 13.2 Å². The molecule has 112 valence electrons. The van der Waals surface area contributed by atoms with Crippen LogP contribution in [0, 0.1) is 0 Å². The van der Waals surface area contributed by atoms with Crippen LogP contribution in [-0.2, 0) is 6.18 Å². The normalized spacial score (nSPS) is 11.8. The number of rotatable bonds is 1. The Morgan fingerprint density at radius 2 is 1.64 bits per heavy atom. The second-order valence-corrected chi connectivity index (χ2v) is 4.71. The number of nitrogens with zero attached hydrogens (tertiary/aromatic N) is 2. The van der Waals surface area contributed by atoms with Crippen LogP contribution in [0.3, 0.4) is 0 Å². The van der Waals surface area contributed by atoms with Crippen LogP contribution >= 0.6 is 0 Å². The fraction of sp³-hybridized carbons (Fsp3) is 0.0667. The maximum atomic E-state index is 12.7. The summed E-state index contributed by atoms with van der Waals surface area (Å²) in [5, 5.41) is 18.9. The Labute approximate surface area is 123 Å². The fourth-order valence-electron chi connectivity index (χ4n) is 2.23. The lowest BCUT2D eigenvalue weighted by molar-refractivity contribution is -0.137. The van der Waals surface area contributed by atoms with Gasteiger partial charge in [0.1, 0.15) is 11.4 Å². The van der Waals surface area contributed by atoms with E-state index in [1.807, 2.05) is 0 Å². The fourth-order valence-corrected chi connectivity index (χ4v) is 2.23. The number of aromatic nitrogens is 2. The van der Waals surface area contributed by atoms with Gasteiger partial charge in [0.05, 0.1) is 5.56 Å².